The number of amides is 1. The molecular weight excluding hydrogens is 232 g/mol. The summed E-state index contributed by atoms with van der Waals surface area (Å²) in [7, 11) is 0. The molecule has 1 aromatic heterocycles. The van der Waals surface area contributed by atoms with E-state index in [0.29, 0.717) is 5.56 Å². The molecule has 0 saturated carbocycles. The number of carbonyl (C=O) groups is 1. The van der Waals surface area contributed by atoms with E-state index in [1.54, 1.807) is 19.9 Å². The Morgan fingerprint density at radius 3 is 2.67 bits per heavy atom. The van der Waals surface area contributed by atoms with Gasteiger partial charge in [0, 0.05) is 12.7 Å². The highest BCUT2D eigenvalue weighted by molar-refractivity contribution is 5.95. The highest BCUT2D eigenvalue weighted by Crippen LogP contribution is 2.14. The molecule has 1 heterocycles. The van der Waals surface area contributed by atoms with Crippen molar-refractivity contribution in [2.45, 2.75) is 33.3 Å². The van der Waals surface area contributed by atoms with Gasteiger partial charge in [-0.2, -0.15) is 0 Å². The molecule has 1 atom stereocenters. The van der Waals surface area contributed by atoms with E-state index in [4.69, 9.17) is 0 Å². The van der Waals surface area contributed by atoms with Crippen LogP contribution in [0, 0.1) is 12.8 Å². The van der Waals surface area contributed by atoms with Gasteiger partial charge in [-0.3, -0.25) is 9.59 Å². The molecule has 0 spiro atoms. The summed E-state index contributed by atoms with van der Waals surface area (Å²) in [5.74, 6) is -0.455. The van der Waals surface area contributed by atoms with Gasteiger partial charge in [-0.25, -0.2) is 0 Å². The third kappa shape index (κ3) is 3.20. The van der Waals surface area contributed by atoms with E-state index in [1.165, 1.54) is 6.20 Å². The first kappa shape index (κ1) is 14.4. The Morgan fingerprint density at radius 2 is 2.17 bits per heavy atom. The molecule has 1 unspecified atom stereocenters. The van der Waals surface area contributed by atoms with E-state index < -0.39 is 17.1 Å². The minimum atomic E-state index is -0.995. The van der Waals surface area contributed by atoms with Gasteiger partial charge in [0.2, 0.25) is 0 Å². The Bertz CT molecular complexity index is 489. The predicted molar refractivity (Wildman–Crippen MR) is 69.6 cm³/mol. The van der Waals surface area contributed by atoms with E-state index in [-0.39, 0.29) is 18.0 Å². The zero-order valence-corrected chi connectivity index (χ0v) is 11.2. The van der Waals surface area contributed by atoms with Gasteiger partial charge in [0.05, 0.1) is 5.60 Å². The van der Waals surface area contributed by atoms with Crippen LogP contribution in [0.3, 0.4) is 0 Å². The van der Waals surface area contributed by atoms with E-state index >= 15 is 0 Å². The second-order valence-corrected chi connectivity index (χ2v) is 5.06. The van der Waals surface area contributed by atoms with E-state index in [0.717, 1.165) is 0 Å². The third-order valence-corrected chi connectivity index (χ3v) is 3.25. The molecule has 18 heavy (non-hydrogen) atoms. The number of rotatable bonds is 4. The van der Waals surface area contributed by atoms with Crippen molar-refractivity contribution in [3.63, 3.8) is 0 Å². The summed E-state index contributed by atoms with van der Waals surface area (Å²) in [5.41, 5.74) is -0.709. The standard InChI is InChI=1S/C13H20N2O3/c1-8(2)13(4,18)7-15-12(17)10-9(3)5-6-14-11(10)16/h5-6,8,18H,7H2,1-4H3,(H,14,16)(H,15,17). The zero-order valence-electron chi connectivity index (χ0n) is 11.2. The SMILES string of the molecule is Cc1cc[nH]c(=O)c1C(=O)NCC(C)(O)C(C)C. The highest BCUT2D eigenvalue weighted by atomic mass is 16.3. The summed E-state index contributed by atoms with van der Waals surface area (Å²) in [6, 6.07) is 1.66. The fourth-order valence-corrected chi connectivity index (χ4v) is 1.41. The van der Waals surface area contributed by atoms with Gasteiger partial charge < -0.3 is 15.4 Å². The molecule has 3 N–H and O–H groups in total. The Morgan fingerprint density at radius 1 is 1.56 bits per heavy atom. The molecule has 0 aliphatic heterocycles. The van der Waals surface area contributed by atoms with Crippen LogP contribution in [0.15, 0.2) is 17.1 Å². The number of aliphatic hydroxyl groups is 1. The minimum Gasteiger partial charge on any atom is -0.388 e. The van der Waals surface area contributed by atoms with Crippen molar-refractivity contribution in [2.24, 2.45) is 5.92 Å². The van der Waals surface area contributed by atoms with Crippen molar-refractivity contribution in [3.05, 3.63) is 33.7 Å². The summed E-state index contributed by atoms with van der Waals surface area (Å²) in [6.07, 6.45) is 1.50. The monoisotopic (exact) mass is 252 g/mol. The molecule has 1 amide bonds. The van der Waals surface area contributed by atoms with Crippen molar-refractivity contribution in [1.82, 2.24) is 10.3 Å². The lowest BCUT2D eigenvalue weighted by Gasteiger charge is -2.27. The molecule has 5 nitrogen and oxygen atoms in total. The van der Waals surface area contributed by atoms with Gasteiger partial charge in [0.25, 0.3) is 11.5 Å². The second kappa shape index (κ2) is 5.35. The maximum atomic E-state index is 11.9. The molecule has 0 bridgehead atoms. The maximum absolute atomic E-state index is 11.9. The highest BCUT2D eigenvalue weighted by Gasteiger charge is 2.26. The van der Waals surface area contributed by atoms with Crippen molar-refractivity contribution in [3.8, 4) is 0 Å². The fraction of sp³-hybridized carbons (Fsp3) is 0.538. The number of H-pyrrole nitrogens is 1. The molecule has 1 aromatic rings. The third-order valence-electron chi connectivity index (χ3n) is 3.25. The number of aromatic nitrogens is 1. The van der Waals surface area contributed by atoms with Crippen LogP contribution in [-0.2, 0) is 0 Å². The predicted octanol–water partition coefficient (Wildman–Crippen LogP) is 0.820. The van der Waals surface area contributed by atoms with Crippen LogP contribution in [0.25, 0.3) is 0 Å². The first-order chi connectivity index (χ1) is 8.25. The van der Waals surface area contributed by atoms with Crippen molar-refractivity contribution < 1.29 is 9.90 Å². The van der Waals surface area contributed by atoms with Crippen LogP contribution in [0.4, 0.5) is 0 Å². The quantitative estimate of drug-likeness (QED) is 0.742. The summed E-state index contributed by atoms with van der Waals surface area (Å²) in [4.78, 5) is 25.9. The van der Waals surface area contributed by atoms with E-state index in [9.17, 15) is 14.7 Å². The number of carbonyl (C=O) groups excluding carboxylic acids is 1. The summed E-state index contributed by atoms with van der Waals surface area (Å²) >= 11 is 0. The Hall–Kier alpha value is -1.62. The molecular formula is C13H20N2O3. The summed E-state index contributed by atoms with van der Waals surface area (Å²) < 4.78 is 0. The van der Waals surface area contributed by atoms with Crippen molar-refractivity contribution >= 4 is 5.91 Å². The van der Waals surface area contributed by atoms with Crippen LogP contribution in [0.5, 0.6) is 0 Å². The molecule has 1 rings (SSSR count). The lowest BCUT2D eigenvalue weighted by molar-refractivity contribution is 0.0142. The van der Waals surface area contributed by atoms with Crippen LogP contribution in [0.2, 0.25) is 0 Å². The van der Waals surface area contributed by atoms with Gasteiger partial charge in [-0.05, 0) is 31.4 Å². The number of aryl methyl sites for hydroxylation is 1. The van der Waals surface area contributed by atoms with Crippen molar-refractivity contribution in [1.29, 1.82) is 0 Å². The minimum absolute atomic E-state index is 0.00737. The molecule has 0 aliphatic rings. The number of hydrogen-bond acceptors (Lipinski definition) is 3. The summed E-state index contributed by atoms with van der Waals surface area (Å²) in [5, 5.41) is 12.6. The molecule has 0 fully saturated rings. The molecule has 0 aromatic carbocycles. The Kier molecular flexibility index (Phi) is 4.29. The van der Waals surface area contributed by atoms with Gasteiger partial charge in [0.15, 0.2) is 0 Å². The van der Waals surface area contributed by atoms with Crippen molar-refractivity contribution in [2.75, 3.05) is 6.54 Å². The number of hydrogen-bond donors (Lipinski definition) is 3. The van der Waals surface area contributed by atoms with Gasteiger partial charge in [-0.15, -0.1) is 0 Å². The number of nitrogens with one attached hydrogen (secondary N) is 2. The summed E-state index contributed by atoms with van der Waals surface area (Å²) in [6.45, 7) is 7.20. The average Bonchev–Trinajstić information content (AvgIpc) is 2.26. The van der Waals surface area contributed by atoms with Gasteiger partial charge >= 0.3 is 0 Å². The zero-order chi connectivity index (χ0) is 13.9. The molecule has 0 saturated heterocycles. The molecule has 5 heteroatoms. The molecule has 100 valence electrons. The van der Waals surface area contributed by atoms with Crippen LogP contribution in [0.1, 0.15) is 36.7 Å². The Balaban J connectivity index is 2.82. The topological polar surface area (TPSA) is 82.2 Å². The van der Waals surface area contributed by atoms with Crippen LogP contribution in [-0.4, -0.2) is 28.1 Å². The molecule has 0 radical (unpaired) electrons. The second-order valence-electron chi connectivity index (χ2n) is 5.06. The van der Waals surface area contributed by atoms with E-state index in [2.05, 4.69) is 10.3 Å². The Labute approximate surface area is 106 Å². The fourth-order valence-electron chi connectivity index (χ4n) is 1.41. The lowest BCUT2D eigenvalue weighted by Crippen LogP contribution is -2.45. The largest absolute Gasteiger partial charge is 0.388 e. The lowest BCUT2D eigenvalue weighted by atomic mass is 9.92. The van der Waals surface area contributed by atoms with Gasteiger partial charge in [0.1, 0.15) is 5.56 Å². The first-order valence-electron chi connectivity index (χ1n) is 5.94. The number of pyridine rings is 1. The van der Waals surface area contributed by atoms with E-state index in [1.807, 2.05) is 13.8 Å². The smallest absolute Gasteiger partial charge is 0.261 e. The maximum Gasteiger partial charge on any atom is 0.261 e. The van der Waals surface area contributed by atoms with Gasteiger partial charge in [-0.1, -0.05) is 13.8 Å². The van der Waals surface area contributed by atoms with Crippen LogP contribution < -0.4 is 10.9 Å². The normalized spacial score (nSPS) is 14.3. The average molecular weight is 252 g/mol. The molecule has 0 aliphatic carbocycles. The van der Waals surface area contributed by atoms with Crippen LogP contribution >= 0.6 is 0 Å². The number of aromatic amines is 1. The first-order valence-corrected chi connectivity index (χ1v) is 5.94.